The number of anilines is 2. The van der Waals surface area contributed by atoms with E-state index in [1.54, 1.807) is 53.6 Å². The fraction of sp³-hybridized carbons (Fsp3) is 0.172. The van der Waals surface area contributed by atoms with Gasteiger partial charge in [-0.25, -0.2) is 8.42 Å². The van der Waals surface area contributed by atoms with Crippen molar-refractivity contribution in [2.45, 2.75) is 30.7 Å². The second kappa shape index (κ2) is 11.0. The van der Waals surface area contributed by atoms with Crippen LogP contribution >= 0.6 is 11.8 Å². The quantitative estimate of drug-likeness (QED) is 0.285. The third kappa shape index (κ3) is 6.02. The van der Waals surface area contributed by atoms with Crippen LogP contribution in [-0.4, -0.2) is 30.9 Å². The first-order valence-electron chi connectivity index (χ1n) is 12.2. The zero-order valence-electron chi connectivity index (χ0n) is 21.4. The van der Waals surface area contributed by atoms with Crippen LogP contribution in [-0.2, 0) is 21.4 Å². The highest BCUT2D eigenvalue weighted by Gasteiger charge is 2.33. The smallest absolute Gasteiger partial charge is 0.261 e. The summed E-state index contributed by atoms with van der Waals surface area (Å²) < 4.78 is 33.6. The SMILES string of the molecule is Cc1ccc(NS(=O)(=O)c2ccc(NC(=O)c3ccc([C@@H]4SCC(=O)N4Cc4ccco4)cc3)cc2)cc1C. The van der Waals surface area contributed by atoms with Gasteiger partial charge in [0.1, 0.15) is 11.1 Å². The van der Waals surface area contributed by atoms with Crippen molar-refractivity contribution in [3.8, 4) is 0 Å². The second-order valence-electron chi connectivity index (χ2n) is 9.27. The van der Waals surface area contributed by atoms with Gasteiger partial charge in [-0.05, 0) is 91.2 Å². The van der Waals surface area contributed by atoms with Crippen molar-refractivity contribution in [3.05, 3.63) is 113 Å². The van der Waals surface area contributed by atoms with Crippen LogP contribution in [0.4, 0.5) is 11.4 Å². The highest BCUT2D eigenvalue weighted by Crippen LogP contribution is 2.39. The van der Waals surface area contributed by atoms with Gasteiger partial charge < -0.3 is 14.6 Å². The number of carbonyl (C=O) groups excluding carboxylic acids is 2. The summed E-state index contributed by atoms with van der Waals surface area (Å²) in [5.41, 5.74) is 4.38. The molecule has 2 amide bonds. The molecule has 1 aliphatic rings. The van der Waals surface area contributed by atoms with Gasteiger partial charge in [-0.3, -0.25) is 14.3 Å². The summed E-state index contributed by atoms with van der Waals surface area (Å²) in [6.45, 7) is 4.27. The number of aryl methyl sites for hydroxylation is 2. The minimum absolute atomic E-state index is 0.0397. The minimum atomic E-state index is -3.78. The second-order valence-corrected chi connectivity index (χ2v) is 12.0. The van der Waals surface area contributed by atoms with Crippen molar-refractivity contribution in [2.24, 2.45) is 0 Å². The van der Waals surface area contributed by atoms with E-state index in [4.69, 9.17) is 4.42 Å². The average molecular weight is 562 g/mol. The molecule has 0 aliphatic carbocycles. The molecule has 1 aromatic heterocycles. The van der Waals surface area contributed by atoms with Crippen LogP contribution in [0.2, 0.25) is 0 Å². The van der Waals surface area contributed by atoms with Crippen LogP contribution in [0.5, 0.6) is 0 Å². The van der Waals surface area contributed by atoms with Gasteiger partial charge in [-0.1, -0.05) is 18.2 Å². The number of hydrogen-bond donors (Lipinski definition) is 2. The number of furan rings is 1. The van der Waals surface area contributed by atoms with Gasteiger partial charge in [-0.15, -0.1) is 11.8 Å². The van der Waals surface area contributed by atoms with E-state index < -0.39 is 10.0 Å². The zero-order chi connectivity index (χ0) is 27.6. The normalized spacial score (nSPS) is 15.4. The molecule has 2 heterocycles. The molecule has 8 nitrogen and oxygen atoms in total. The predicted octanol–water partition coefficient (Wildman–Crippen LogP) is 5.72. The van der Waals surface area contributed by atoms with Crippen molar-refractivity contribution >= 4 is 45.0 Å². The molecule has 4 aromatic rings. The molecule has 0 bridgehead atoms. The fourth-order valence-electron chi connectivity index (χ4n) is 4.21. The van der Waals surface area contributed by atoms with Gasteiger partial charge in [0.15, 0.2) is 0 Å². The summed E-state index contributed by atoms with van der Waals surface area (Å²) in [6, 6.07) is 22.1. The Labute approximate surface area is 231 Å². The molecule has 0 unspecified atom stereocenters. The zero-order valence-corrected chi connectivity index (χ0v) is 23.0. The summed E-state index contributed by atoms with van der Waals surface area (Å²) in [7, 11) is -3.78. The summed E-state index contributed by atoms with van der Waals surface area (Å²) in [4.78, 5) is 27.1. The Balaban J connectivity index is 1.23. The Morgan fingerprint density at radius 1 is 0.974 bits per heavy atom. The number of rotatable bonds is 8. The lowest BCUT2D eigenvalue weighted by Gasteiger charge is -2.23. The van der Waals surface area contributed by atoms with E-state index in [1.807, 2.05) is 38.1 Å². The number of nitrogens with one attached hydrogen (secondary N) is 2. The van der Waals surface area contributed by atoms with E-state index in [9.17, 15) is 18.0 Å². The Hall–Kier alpha value is -4.02. The number of benzene rings is 3. The third-order valence-corrected chi connectivity index (χ3v) is 9.17. The van der Waals surface area contributed by atoms with E-state index in [1.165, 1.54) is 23.9 Å². The number of hydrogen-bond acceptors (Lipinski definition) is 6. The Bertz CT molecular complexity index is 1600. The summed E-state index contributed by atoms with van der Waals surface area (Å²) in [6.07, 6.45) is 1.58. The summed E-state index contributed by atoms with van der Waals surface area (Å²) in [5, 5.41) is 2.64. The van der Waals surface area contributed by atoms with E-state index in [-0.39, 0.29) is 22.1 Å². The van der Waals surface area contributed by atoms with Gasteiger partial charge in [0.25, 0.3) is 15.9 Å². The van der Waals surface area contributed by atoms with E-state index in [0.717, 1.165) is 16.7 Å². The number of carbonyl (C=O) groups is 2. The van der Waals surface area contributed by atoms with Gasteiger partial charge in [-0.2, -0.15) is 0 Å². The first kappa shape index (κ1) is 26.6. The molecule has 10 heteroatoms. The molecule has 1 atom stereocenters. The highest BCUT2D eigenvalue weighted by molar-refractivity contribution is 8.00. The van der Waals surface area contributed by atoms with E-state index in [0.29, 0.717) is 35.0 Å². The van der Waals surface area contributed by atoms with Crippen LogP contribution in [0.3, 0.4) is 0 Å². The first-order valence-corrected chi connectivity index (χ1v) is 14.8. The van der Waals surface area contributed by atoms with Crippen molar-refractivity contribution in [2.75, 3.05) is 15.8 Å². The van der Waals surface area contributed by atoms with Crippen LogP contribution in [0, 0.1) is 13.8 Å². The first-order chi connectivity index (χ1) is 18.7. The van der Waals surface area contributed by atoms with Gasteiger partial charge in [0.05, 0.1) is 23.5 Å². The van der Waals surface area contributed by atoms with Crippen molar-refractivity contribution < 1.29 is 22.4 Å². The maximum absolute atomic E-state index is 12.8. The topological polar surface area (TPSA) is 109 Å². The maximum Gasteiger partial charge on any atom is 0.261 e. The molecule has 0 saturated carbocycles. The molecular weight excluding hydrogens is 534 g/mol. The van der Waals surface area contributed by atoms with Crippen molar-refractivity contribution in [3.63, 3.8) is 0 Å². The van der Waals surface area contributed by atoms with Crippen LogP contribution in [0.1, 0.15) is 38.2 Å². The largest absolute Gasteiger partial charge is 0.467 e. The Morgan fingerprint density at radius 2 is 1.69 bits per heavy atom. The van der Waals surface area contributed by atoms with E-state index >= 15 is 0 Å². The molecular formula is C29H27N3O5S2. The number of thioether (sulfide) groups is 1. The predicted molar refractivity (Wildman–Crippen MR) is 152 cm³/mol. The average Bonchev–Trinajstić information content (AvgIpc) is 3.57. The molecule has 1 fully saturated rings. The molecule has 0 radical (unpaired) electrons. The highest BCUT2D eigenvalue weighted by atomic mass is 32.2. The molecule has 2 N–H and O–H groups in total. The molecule has 5 rings (SSSR count). The molecule has 200 valence electrons. The lowest BCUT2D eigenvalue weighted by atomic mass is 10.1. The molecule has 39 heavy (non-hydrogen) atoms. The monoisotopic (exact) mass is 561 g/mol. The number of amides is 2. The molecule has 1 aliphatic heterocycles. The number of sulfonamides is 1. The van der Waals surface area contributed by atoms with Crippen molar-refractivity contribution in [1.82, 2.24) is 4.90 Å². The summed E-state index contributed by atoms with van der Waals surface area (Å²) in [5.74, 6) is 0.817. The molecule has 0 spiro atoms. The van der Waals surface area contributed by atoms with Crippen LogP contribution in [0.15, 0.2) is 94.4 Å². The van der Waals surface area contributed by atoms with Gasteiger partial charge in [0, 0.05) is 16.9 Å². The lowest BCUT2D eigenvalue weighted by Crippen LogP contribution is -2.27. The number of nitrogens with zero attached hydrogens (tertiary/aromatic N) is 1. The standard InChI is InChI=1S/C29H27N3O5S2/c1-19-5-10-24(16-20(19)2)31-39(35,36)26-13-11-23(12-14-26)30-28(34)21-6-8-22(9-7-21)29-32(27(33)18-38-29)17-25-4-3-15-37-25/h3-16,29,31H,17-18H2,1-2H3,(H,30,34)/t29-/m0/s1. The summed E-state index contributed by atoms with van der Waals surface area (Å²) >= 11 is 1.54. The molecule has 3 aromatic carbocycles. The van der Waals surface area contributed by atoms with Crippen molar-refractivity contribution in [1.29, 1.82) is 0 Å². The Morgan fingerprint density at radius 3 is 2.36 bits per heavy atom. The minimum Gasteiger partial charge on any atom is -0.467 e. The van der Waals surface area contributed by atoms with Gasteiger partial charge >= 0.3 is 0 Å². The third-order valence-electron chi connectivity index (χ3n) is 6.51. The van der Waals surface area contributed by atoms with Crippen LogP contribution in [0.25, 0.3) is 0 Å². The van der Waals surface area contributed by atoms with Gasteiger partial charge in [0.2, 0.25) is 5.91 Å². The Kier molecular flexibility index (Phi) is 7.49. The molecule has 1 saturated heterocycles. The fourth-order valence-corrected chi connectivity index (χ4v) is 6.45. The maximum atomic E-state index is 12.8. The van der Waals surface area contributed by atoms with Crippen LogP contribution < -0.4 is 10.0 Å². The lowest BCUT2D eigenvalue weighted by molar-refractivity contribution is -0.128. The van der Waals surface area contributed by atoms with E-state index in [2.05, 4.69) is 10.0 Å².